The van der Waals surface area contributed by atoms with Gasteiger partial charge in [0.15, 0.2) is 5.82 Å². The number of pyridine rings is 1. The SMILES string of the molecule is NNc1ncccc1C(=O)Nc1ccc(F)cc1Cl. The van der Waals surface area contributed by atoms with Crippen LogP contribution in [0.4, 0.5) is 15.9 Å². The number of carbonyl (C=O) groups is 1. The van der Waals surface area contributed by atoms with Gasteiger partial charge in [-0.3, -0.25) is 4.79 Å². The van der Waals surface area contributed by atoms with Crippen molar-refractivity contribution >= 4 is 29.0 Å². The summed E-state index contributed by atoms with van der Waals surface area (Å²) in [6.07, 6.45) is 1.50. The van der Waals surface area contributed by atoms with Gasteiger partial charge in [-0.15, -0.1) is 0 Å². The molecule has 2 rings (SSSR count). The highest BCUT2D eigenvalue weighted by Crippen LogP contribution is 2.23. The summed E-state index contributed by atoms with van der Waals surface area (Å²) in [6, 6.07) is 6.84. The molecule has 1 amide bonds. The Bertz CT molecular complexity index is 620. The van der Waals surface area contributed by atoms with E-state index < -0.39 is 11.7 Å². The number of benzene rings is 1. The summed E-state index contributed by atoms with van der Waals surface area (Å²) in [5.41, 5.74) is 2.88. The second-order valence-corrected chi connectivity index (χ2v) is 4.03. The molecule has 0 aliphatic rings. The number of rotatable bonds is 3. The van der Waals surface area contributed by atoms with E-state index in [9.17, 15) is 9.18 Å². The van der Waals surface area contributed by atoms with Crippen molar-refractivity contribution in [2.45, 2.75) is 0 Å². The van der Waals surface area contributed by atoms with Crippen molar-refractivity contribution < 1.29 is 9.18 Å². The summed E-state index contributed by atoms with van der Waals surface area (Å²) in [5.74, 6) is 4.57. The molecule has 1 heterocycles. The highest BCUT2D eigenvalue weighted by molar-refractivity contribution is 6.34. The summed E-state index contributed by atoms with van der Waals surface area (Å²) in [7, 11) is 0. The maximum atomic E-state index is 12.9. The van der Waals surface area contributed by atoms with Crippen LogP contribution in [0.2, 0.25) is 5.02 Å². The largest absolute Gasteiger partial charge is 0.321 e. The molecule has 4 N–H and O–H groups in total. The van der Waals surface area contributed by atoms with E-state index in [0.29, 0.717) is 5.69 Å². The molecule has 7 heteroatoms. The lowest BCUT2D eigenvalue weighted by Crippen LogP contribution is -2.18. The number of nitrogen functional groups attached to an aromatic ring is 1. The molecule has 19 heavy (non-hydrogen) atoms. The van der Waals surface area contributed by atoms with Gasteiger partial charge < -0.3 is 10.7 Å². The van der Waals surface area contributed by atoms with Gasteiger partial charge >= 0.3 is 0 Å². The smallest absolute Gasteiger partial charge is 0.259 e. The first-order valence-corrected chi connectivity index (χ1v) is 5.67. The molecule has 0 spiro atoms. The summed E-state index contributed by atoms with van der Waals surface area (Å²) in [5, 5.41) is 2.67. The zero-order chi connectivity index (χ0) is 13.8. The Kier molecular flexibility index (Phi) is 3.94. The summed E-state index contributed by atoms with van der Waals surface area (Å²) in [4.78, 5) is 15.9. The standard InChI is InChI=1S/C12H10ClFN4O/c13-9-6-7(14)3-4-10(9)17-12(19)8-2-1-5-16-11(8)18-15/h1-6H,15H2,(H,16,18)(H,17,19). The van der Waals surface area contributed by atoms with Gasteiger partial charge in [0.05, 0.1) is 16.3 Å². The molecule has 0 fully saturated rings. The van der Waals surface area contributed by atoms with Crippen molar-refractivity contribution in [3.63, 3.8) is 0 Å². The first kappa shape index (κ1) is 13.3. The highest BCUT2D eigenvalue weighted by atomic mass is 35.5. The molecule has 1 aromatic heterocycles. The number of halogens is 2. The third-order valence-electron chi connectivity index (χ3n) is 2.37. The van der Waals surface area contributed by atoms with E-state index in [1.807, 2.05) is 0 Å². The predicted octanol–water partition coefficient (Wildman–Crippen LogP) is 2.41. The Morgan fingerprint density at radius 2 is 2.16 bits per heavy atom. The zero-order valence-electron chi connectivity index (χ0n) is 9.65. The van der Waals surface area contributed by atoms with Crippen LogP contribution < -0.4 is 16.6 Å². The normalized spacial score (nSPS) is 10.1. The van der Waals surface area contributed by atoms with Gasteiger partial charge in [-0.1, -0.05) is 11.6 Å². The molecule has 0 saturated heterocycles. The van der Waals surface area contributed by atoms with Crippen molar-refractivity contribution in [3.8, 4) is 0 Å². The Labute approximate surface area is 113 Å². The minimum Gasteiger partial charge on any atom is -0.321 e. The Hall–Kier alpha value is -2.18. The molecule has 1 aromatic carbocycles. The maximum absolute atomic E-state index is 12.9. The van der Waals surface area contributed by atoms with E-state index in [0.717, 1.165) is 6.07 Å². The third-order valence-corrected chi connectivity index (χ3v) is 2.68. The average molecular weight is 281 g/mol. The number of hydrazine groups is 1. The molecule has 0 aliphatic carbocycles. The van der Waals surface area contributed by atoms with E-state index in [4.69, 9.17) is 17.4 Å². The summed E-state index contributed by atoms with van der Waals surface area (Å²) >= 11 is 5.82. The molecule has 0 bridgehead atoms. The van der Waals surface area contributed by atoms with Crippen LogP contribution in [0, 0.1) is 5.82 Å². The highest BCUT2D eigenvalue weighted by Gasteiger charge is 2.13. The minimum atomic E-state index is -0.478. The van der Waals surface area contributed by atoms with Gasteiger partial charge in [0.2, 0.25) is 0 Å². The Morgan fingerprint density at radius 3 is 2.84 bits per heavy atom. The number of hydrogen-bond acceptors (Lipinski definition) is 4. The van der Waals surface area contributed by atoms with Crippen LogP contribution in [0.25, 0.3) is 0 Å². The van der Waals surface area contributed by atoms with Crippen LogP contribution >= 0.6 is 11.6 Å². The number of nitrogens with two attached hydrogens (primary N) is 1. The molecule has 0 aliphatic heterocycles. The topological polar surface area (TPSA) is 80.0 Å². The second-order valence-electron chi connectivity index (χ2n) is 3.62. The number of hydrogen-bond donors (Lipinski definition) is 3. The zero-order valence-corrected chi connectivity index (χ0v) is 10.4. The fourth-order valence-corrected chi connectivity index (χ4v) is 1.70. The van der Waals surface area contributed by atoms with Crippen molar-refractivity contribution in [1.82, 2.24) is 4.98 Å². The monoisotopic (exact) mass is 280 g/mol. The second kappa shape index (κ2) is 5.64. The molecule has 0 atom stereocenters. The van der Waals surface area contributed by atoms with E-state index in [2.05, 4.69) is 15.7 Å². The van der Waals surface area contributed by atoms with Crippen LogP contribution in [0.5, 0.6) is 0 Å². The lowest BCUT2D eigenvalue weighted by Gasteiger charge is -2.09. The first-order valence-electron chi connectivity index (χ1n) is 5.30. The van der Waals surface area contributed by atoms with Crippen molar-refractivity contribution in [1.29, 1.82) is 0 Å². The number of nitrogens with one attached hydrogen (secondary N) is 2. The van der Waals surface area contributed by atoms with Gasteiger partial charge in [0.25, 0.3) is 5.91 Å². The minimum absolute atomic E-state index is 0.111. The number of anilines is 2. The number of amides is 1. The number of aromatic nitrogens is 1. The Balaban J connectivity index is 2.26. The van der Waals surface area contributed by atoms with Crippen LogP contribution in [0.1, 0.15) is 10.4 Å². The maximum Gasteiger partial charge on any atom is 0.259 e. The van der Waals surface area contributed by atoms with Crippen LogP contribution in [-0.4, -0.2) is 10.9 Å². The van der Waals surface area contributed by atoms with Crippen LogP contribution in [0.15, 0.2) is 36.5 Å². The number of nitrogens with zero attached hydrogens (tertiary/aromatic N) is 1. The van der Waals surface area contributed by atoms with Gasteiger partial charge in [-0.05, 0) is 30.3 Å². The van der Waals surface area contributed by atoms with E-state index >= 15 is 0 Å². The molecule has 98 valence electrons. The lowest BCUT2D eigenvalue weighted by atomic mass is 10.2. The van der Waals surface area contributed by atoms with Crippen molar-refractivity contribution in [2.24, 2.45) is 5.84 Å². The van der Waals surface area contributed by atoms with Gasteiger partial charge in [0.1, 0.15) is 5.82 Å². The average Bonchev–Trinajstić information content (AvgIpc) is 2.41. The molecule has 2 aromatic rings. The molecule has 0 unspecified atom stereocenters. The van der Waals surface area contributed by atoms with Crippen molar-refractivity contribution in [2.75, 3.05) is 10.7 Å². The molecule has 0 radical (unpaired) electrons. The molecular weight excluding hydrogens is 271 g/mol. The summed E-state index contributed by atoms with van der Waals surface area (Å²) < 4.78 is 12.9. The van der Waals surface area contributed by atoms with Gasteiger partial charge in [0, 0.05) is 6.20 Å². The fraction of sp³-hybridized carbons (Fsp3) is 0. The molecular formula is C12H10ClFN4O. The van der Waals surface area contributed by atoms with E-state index in [1.54, 1.807) is 12.1 Å². The van der Waals surface area contributed by atoms with Crippen LogP contribution in [0.3, 0.4) is 0 Å². The van der Waals surface area contributed by atoms with E-state index in [1.165, 1.54) is 18.3 Å². The first-order chi connectivity index (χ1) is 9.11. The van der Waals surface area contributed by atoms with Gasteiger partial charge in [-0.25, -0.2) is 15.2 Å². The molecule has 5 nitrogen and oxygen atoms in total. The van der Waals surface area contributed by atoms with Gasteiger partial charge in [-0.2, -0.15) is 0 Å². The summed E-state index contributed by atoms with van der Waals surface area (Å²) in [6.45, 7) is 0. The third kappa shape index (κ3) is 2.98. The van der Waals surface area contributed by atoms with Crippen LogP contribution in [-0.2, 0) is 0 Å². The van der Waals surface area contributed by atoms with E-state index in [-0.39, 0.29) is 16.4 Å². The lowest BCUT2D eigenvalue weighted by molar-refractivity contribution is 0.102. The Morgan fingerprint density at radius 1 is 1.37 bits per heavy atom. The van der Waals surface area contributed by atoms with Crippen molar-refractivity contribution in [3.05, 3.63) is 52.9 Å². The molecule has 0 saturated carbocycles. The fourth-order valence-electron chi connectivity index (χ4n) is 1.48. The predicted molar refractivity (Wildman–Crippen MR) is 71.4 cm³/mol. The quantitative estimate of drug-likeness (QED) is 0.596. The number of carbonyl (C=O) groups excluding carboxylic acids is 1.